The van der Waals surface area contributed by atoms with E-state index in [-0.39, 0.29) is 6.10 Å². The van der Waals surface area contributed by atoms with Crippen LogP contribution in [-0.4, -0.2) is 47.8 Å². The maximum Gasteiger partial charge on any atom is 0.310 e. The predicted octanol–water partition coefficient (Wildman–Crippen LogP) is 1.35. The van der Waals surface area contributed by atoms with Gasteiger partial charge in [-0.2, -0.15) is 0 Å². The van der Waals surface area contributed by atoms with Gasteiger partial charge in [-0.1, -0.05) is 6.92 Å². The number of carboxylic acid groups (broad SMARTS) is 1. The number of aliphatic carboxylic acids is 1. The number of nitrogens with zero attached hydrogens (tertiary/aromatic N) is 1. The molecule has 0 amide bonds. The first-order valence-corrected chi connectivity index (χ1v) is 6.18. The maximum absolute atomic E-state index is 11.3. The van der Waals surface area contributed by atoms with Gasteiger partial charge in [0.05, 0.1) is 11.5 Å². The minimum atomic E-state index is -0.635. The third-order valence-electron chi connectivity index (χ3n) is 4.32. The molecule has 16 heavy (non-hydrogen) atoms. The van der Waals surface area contributed by atoms with Crippen LogP contribution in [0.4, 0.5) is 0 Å². The summed E-state index contributed by atoms with van der Waals surface area (Å²) in [6.07, 6.45) is 2.80. The molecule has 92 valence electrons. The summed E-state index contributed by atoms with van der Waals surface area (Å²) < 4.78 is 5.55. The molecule has 0 bridgehead atoms. The summed E-state index contributed by atoms with van der Waals surface area (Å²) in [5, 5.41) is 9.33. The van der Waals surface area contributed by atoms with Crippen LogP contribution in [0.1, 0.15) is 33.1 Å². The molecule has 0 aliphatic carbocycles. The average Bonchev–Trinajstić information content (AvgIpc) is 2.84. The minimum absolute atomic E-state index is 0.251. The molecule has 3 atom stereocenters. The molecule has 0 aromatic rings. The molecule has 1 N–H and O–H groups in total. The van der Waals surface area contributed by atoms with E-state index in [1.165, 1.54) is 0 Å². The molecule has 2 heterocycles. The Hall–Kier alpha value is -0.610. The van der Waals surface area contributed by atoms with Crippen LogP contribution >= 0.6 is 0 Å². The maximum atomic E-state index is 11.3. The van der Waals surface area contributed by atoms with E-state index in [4.69, 9.17) is 4.74 Å². The second-order valence-electron chi connectivity index (χ2n) is 5.09. The summed E-state index contributed by atoms with van der Waals surface area (Å²) in [4.78, 5) is 13.7. The van der Waals surface area contributed by atoms with E-state index < -0.39 is 11.4 Å². The van der Waals surface area contributed by atoms with Gasteiger partial charge in [-0.25, -0.2) is 0 Å². The summed E-state index contributed by atoms with van der Waals surface area (Å²) in [5.41, 5.74) is -0.512. The predicted molar refractivity (Wildman–Crippen MR) is 60.4 cm³/mol. The summed E-state index contributed by atoms with van der Waals surface area (Å²) in [6.45, 7) is 6.47. The van der Waals surface area contributed by atoms with Crippen molar-refractivity contribution in [3.63, 3.8) is 0 Å². The second kappa shape index (κ2) is 4.34. The van der Waals surface area contributed by atoms with E-state index in [0.717, 1.165) is 32.4 Å². The van der Waals surface area contributed by atoms with Gasteiger partial charge in [0.1, 0.15) is 0 Å². The Morgan fingerprint density at radius 3 is 2.81 bits per heavy atom. The minimum Gasteiger partial charge on any atom is -0.481 e. The van der Waals surface area contributed by atoms with Gasteiger partial charge in [0.15, 0.2) is 0 Å². The lowest BCUT2D eigenvalue weighted by Gasteiger charge is -2.28. The highest BCUT2D eigenvalue weighted by Gasteiger charge is 2.46. The molecule has 4 heteroatoms. The molecule has 2 saturated heterocycles. The highest BCUT2D eigenvalue weighted by Crippen LogP contribution is 2.37. The Labute approximate surface area is 96.6 Å². The molecule has 0 spiro atoms. The Balaban J connectivity index is 2.04. The standard InChI is InChI=1S/C12H21NO3/c1-3-12(11(14)15)5-6-13(8-12)10-4-7-16-9(10)2/h9-10H,3-8H2,1-2H3,(H,14,15). The summed E-state index contributed by atoms with van der Waals surface area (Å²) >= 11 is 0. The van der Waals surface area contributed by atoms with Crippen molar-refractivity contribution >= 4 is 5.97 Å². The molecular weight excluding hydrogens is 206 g/mol. The van der Waals surface area contributed by atoms with Crippen LogP contribution in [0.25, 0.3) is 0 Å². The van der Waals surface area contributed by atoms with E-state index >= 15 is 0 Å². The molecule has 2 rings (SSSR count). The zero-order chi connectivity index (χ0) is 11.8. The molecule has 2 aliphatic rings. The van der Waals surface area contributed by atoms with Gasteiger partial charge in [-0.3, -0.25) is 9.69 Å². The topological polar surface area (TPSA) is 49.8 Å². The van der Waals surface area contributed by atoms with Gasteiger partial charge in [0.2, 0.25) is 0 Å². The van der Waals surface area contributed by atoms with E-state index in [2.05, 4.69) is 11.8 Å². The van der Waals surface area contributed by atoms with Crippen LogP contribution in [0.5, 0.6) is 0 Å². The van der Waals surface area contributed by atoms with Crippen LogP contribution in [0, 0.1) is 5.41 Å². The van der Waals surface area contributed by atoms with Crippen molar-refractivity contribution < 1.29 is 14.6 Å². The Bertz CT molecular complexity index is 281. The molecule has 0 aromatic heterocycles. The summed E-state index contributed by atoms with van der Waals surface area (Å²) in [6, 6.07) is 0.424. The number of likely N-dealkylation sites (tertiary alicyclic amines) is 1. The average molecular weight is 227 g/mol. The highest BCUT2D eigenvalue weighted by molar-refractivity contribution is 5.75. The number of carbonyl (C=O) groups is 1. The van der Waals surface area contributed by atoms with Crippen molar-refractivity contribution in [2.24, 2.45) is 5.41 Å². The largest absolute Gasteiger partial charge is 0.481 e. The normalized spacial score (nSPS) is 40.4. The first-order valence-electron chi connectivity index (χ1n) is 6.18. The molecule has 0 aromatic carbocycles. The van der Waals surface area contributed by atoms with Gasteiger partial charge in [0, 0.05) is 19.2 Å². The number of ether oxygens (including phenoxy) is 1. The zero-order valence-corrected chi connectivity index (χ0v) is 10.1. The second-order valence-corrected chi connectivity index (χ2v) is 5.09. The van der Waals surface area contributed by atoms with Gasteiger partial charge in [0.25, 0.3) is 0 Å². The molecule has 2 aliphatic heterocycles. The third kappa shape index (κ3) is 1.84. The first-order chi connectivity index (χ1) is 7.59. The van der Waals surface area contributed by atoms with Crippen molar-refractivity contribution in [3.05, 3.63) is 0 Å². The molecular formula is C12H21NO3. The van der Waals surface area contributed by atoms with E-state index in [0.29, 0.717) is 12.6 Å². The van der Waals surface area contributed by atoms with Crippen LogP contribution in [0.2, 0.25) is 0 Å². The fourth-order valence-corrected chi connectivity index (χ4v) is 3.00. The van der Waals surface area contributed by atoms with E-state index in [9.17, 15) is 9.90 Å². The van der Waals surface area contributed by atoms with Crippen molar-refractivity contribution in [2.75, 3.05) is 19.7 Å². The monoisotopic (exact) mass is 227 g/mol. The quantitative estimate of drug-likeness (QED) is 0.790. The Kier molecular flexibility index (Phi) is 3.22. The summed E-state index contributed by atoms with van der Waals surface area (Å²) in [5.74, 6) is -0.635. The molecule has 0 saturated carbocycles. The number of hydrogen-bond acceptors (Lipinski definition) is 3. The Morgan fingerprint density at radius 2 is 2.38 bits per heavy atom. The molecule has 2 fully saturated rings. The molecule has 4 nitrogen and oxygen atoms in total. The number of rotatable bonds is 3. The van der Waals surface area contributed by atoms with E-state index in [1.54, 1.807) is 0 Å². The molecule has 0 radical (unpaired) electrons. The van der Waals surface area contributed by atoms with Crippen LogP contribution < -0.4 is 0 Å². The third-order valence-corrected chi connectivity index (χ3v) is 4.32. The van der Waals surface area contributed by atoms with Gasteiger partial charge >= 0.3 is 5.97 Å². The Morgan fingerprint density at radius 1 is 1.62 bits per heavy atom. The number of carboxylic acids is 1. The fraction of sp³-hybridized carbons (Fsp3) is 0.917. The van der Waals surface area contributed by atoms with Gasteiger partial charge in [-0.05, 0) is 32.7 Å². The van der Waals surface area contributed by atoms with Crippen LogP contribution in [-0.2, 0) is 9.53 Å². The van der Waals surface area contributed by atoms with Crippen LogP contribution in [0.3, 0.4) is 0 Å². The lowest BCUT2D eigenvalue weighted by atomic mass is 9.84. The van der Waals surface area contributed by atoms with Crippen molar-refractivity contribution in [3.8, 4) is 0 Å². The molecule has 3 unspecified atom stereocenters. The zero-order valence-electron chi connectivity index (χ0n) is 10.1. The van der Waals surface area contributed by atoms with Crippen molar-refractivity contribution in [2.45, 2.75) is 45.3 Å². The van der Waals surface area contributed by atoms with E-state index in [1.807, 2.05) is 6.92 Å². The smallest absolute Gasteiger partial charge is 0.310 e. The fourth-order valence-electron chi connectivity index (χ4n) is 3.00. The highest BCUT2D eigenvalue weighted by atomic mass is 16.5. The van der Waals surface area contributed by atoms with Crippen LogP contribution in [0.15, 0.2) is 0 Å². The van der Waals surface area contributed by atoms with Crippen molar-refractivity contribution in [1.29, 1.82) is 0 Å². The lowest BCUT2D eigenvalue weighted by Crippen LogP contribution is -2.41. The van der Waals surface area contributed by atoms with Gasteiger partial charge < -0.3 is 9.84 Å². The summed E-state index contributed by atoms with van der Waals surface area (Å²) in [7, 11) is 0. The number of hydrogen-bond donors (Lipinski definition) is 1. The SMILES string of the molecule is CCC1(C(=O)O)CCN(C2CCOC2C)C1. The van der Waals surface area contributed by atoms with Gasteiger partial charge in [-0.15, -0.1) is 0 Å². The first kappa shape index (κ1) is 11.9. The van der Waals surface area contributed by atoms with Crippen molar-refractivity contribution in [1.82, 2.24) is 4.90 Å². The lowest BCUT2D eigenvalue weighted by molar-refractivity contribution is -0.148.